The number of benzene rings is 1. The topological polar surface area (TPSA) is 84.3 Å². The number of halogens is 1. The van der Waals surface area contributed by atoms with Gasteiger partial charge in [0.05, 0.1) is 4.92 Å². The van der Waals surface area contributed by atoms with Crippen molar-refractivity contribution < 1.29 is 9.72 Å². The summed E-state index contributed by atoms with van der Waals surface area (Å²) in [7, 11) is 1.76. The molecule has 0 bridgehead atoms. The van der Waals surface area contributed by atoms with Gasteiger partial charge in [-0.2, -0.15) is 0 Å². The van der Waals surface area contributed by atoms with E-state index >= 15 is 0 Å². The lowest BCUT2D eigenvalue weighted by Crippen LogP contribution is -2.37. The summed E-state index contributed by atoms with van der Waals surface area (Å²) >= 11 is 5.74. The maximum atomic E-state index is 11.8. The van der Waals surface area contributed by atoms with Gasteiger partial charge in [0, 0.05) is 23.7 Å². The van der Waals surface area contributed by atoms with Crippen LogP contribution in [0.2, 0.25) is 5.02 Å². The fourth-order valence-electron chi connectivity index (χ4n) is 1.29. The van der Waals surface area contributed by atoms with Crippen molar-refractivity contribution in [2.75, 3.05) is 13.6 Å². The van der Waals surface area contributed by atoms with Crippen molar-refractivity contribution in [2.45, 2.75) is 13.0 Å². The highest BCUT2D eigenvalue weighted by Crippen LogP contribution is 2.22. The normalized spacial score (nSPS) is 11.9. The van der Waals surface area contributed by atoms with E-state index in [1.165, 1.54) is 18.2 Å². The first-order chi connectivity index (χ1) is 8.45. The number of carbonyl (C=O) groups is 1. The molecular weight excluding hydrogens is 258 g/mol. The van der Waals surface area contributed by atoms with Crippen LogP contribution >= 0.6 is 11.6 Å². The number of nitrogens with one attached hydrogen (secondary N) is 2. The molecule has 1 unspecified atom stereocenters. The molecule has 1 rings (SSSR count). The highest BCUT2D eigenvalue weighted by atomic mass is 35.5. The van der Waals surface area contributed by atoms with Gasteiger partial charge in [0.25, 0.3) is 11.6 Å². The van der Waals surface area contributed by atoms with Crippen molar-refractivity contribution in [1.82, 2.24) is 10.6 Å². The number of nitrogens with zero attached hydrogens (tertiary/aromatic N) is 1. The molecule has 0 heterocycles. The minimum atomic E-state index is -0.604. The minimum Gasteiger partial charge on any atom is -0.350 e. The Kier molecular flexibility index (Phi) is 5.06. The molecule has 18 heavy (non-hydrogen) atoms. The summed E-state index contributed by atoms with van der Waals surface area (Å²) < 4.78 is 0. The monoisotopic (exact) mass is 271 g/mol. The van der Waals surface area contributed by atoms with Gasteiger partial charge in [-0.15, -0.1) is 0 Å². The summed E-state index contributed by atoms with van der Waals surface area (Å²) in [5, 5.41) is 16.6. The molecular formula is C11H14ClN3O3. The largest absolute Gasteiger partial charge is 0.350 e. The van der Waals surface area contributed by atoms with E-state index in [0.717, 1.165) is 0 Å². The molecule has 0 saturated carbocycles. The molecule has 0 saturated heterocycles. The summed E-state index contributed by atoms with van der Waals surface area (Å²) in [6.45, 7) is 2.26. The smallest absolute Gasteiger partial charge is 0.282 e. The molecule has 1 atom stereocenters. The number of carbonyl (C=O) groups excluding carboxylic acids is 1. The van der Waals surface area contributed by atoms with Crippen LogP contribution in [0.5, 0.6) is 0 Å². The van der Waals surface area contributed by atoms with Crippen molar-refractivity contribution in [3.63, 3.8) is 0 Å². The Balaban J connectivity index is 2.90. The lowest BCUT2D eigenvalue weighted by atomic mass is 10.1. The summed E-state index contributed by atoms with van der Waals surface area (Å²) in [5.74, 6) is -0.508. The number of likely N-dealkylation sites (N-methyl/N-ethyl adjacent to an activating group) is 1. The zero-order valence-electron chi connectivity index (χ0n) is 10.1. The fourth-order valence-corrected chi connectivity index (χ4v) is 1.46. The zero-order chi connectivity index (χ0) is 13.7. The van der Waals surface area contributed by atoms with Gasteiger partial charge in [-0.25, -0.2) is 0 Å². The summed E-state index contributed by atoms with van der Waals surface area (Å²) in [4.78, 5) is 22.0. The zero-order valence-corrected chi connectivity index (χ0v) is 10.8. The van der Waals surface area contributed by atoms with Crippen LogP contribution in [-0.2, 0) is 0 Å². The van der Waals surface area contributed by atoms with E-state index in [1.54, 1.807) is 7.05 Å². The molecule has 0 aliphatic rings. The van der Waals surface area contributed by atoms with Crippen LogP contribution in [0.25, 0.3) is 0 Å². The van der Waals surface area contributed by atoms with Crippen LogP contribution in [-0.4, -0.2) is 30.5 Å². The Hall–Kier alpha value is -1.66. The van der Waals surface area contributed by atoms with Crippen molar-refractivity contribution in [3.8, 4) is 0 Å². The van der Waals surface area contributed by atoms with E-state index in [2.05, 4.69) is 10.6 Å². The minimum absolute atomic E-state index is 0.0317. The van der Waals surface area contributed by atoms with E-state index in [1.807, 2.05) is 6.92 Å². The van der Waals surface area contributed by atoms with Crippen LogP contribution in [0.15, 0.2) is 18.2 Å². The molecule has 1 aromatic carbocycles. The van der Waals surface area contributed by atoms with E-state index in [-0.39, 0.29) is 22.3 Å². The van der Waals surface area contributed by atoms with Crippen LogP contribution in [0, 0.1) is 10.1 Å². The quantitative estimate of drug-likeness (QED) is 0.629. The molecule has 0 aromatic heterocycles. The maximum absolute atomic E-state index is 11.8. The van der Waals surface area contributed by atoms with Gasteiger partial charge in [0.1, 0.15) is 5.56 Å². The van der Waals surface area contributed by atoms with Gasteiger partial charge in [-0.1, -0.05) is 11.6 Å². The maximum Gasteiger partial charge on any atom is 0.282 e. The summed E-state index contributed by atoms with van der Waals surface area (Å²) in [5.41, 5.74) is -0.287. The van der Waals surface area contributed by atoms with Gasteiger partial charge in [0.15, 0.2) is 0 Å². The Morgan fingerprint density at radius 2 is 2.22 bits per heavy atom. The third-order valence-electron chi connectivity index (χ3n) is 2.46. The van der Waals surface area contributed by atoms with Crippen LogP contribution in [0.3, 0.4) is 0 Å². The van der Waals surface area contributed by atoms with Gasteiger partial charge >= 0.3 is 0 Å². The highest BCUT2D eigenvalue weighted by molar-refractivity contribution is 6.31. The van der Waals surface area contributed by atoms with E-state index < -0.39 is 10.8 Å². The number of hydrogen-bond donors (Lipinski definition) is 2. The molecule has 0 spiro atoms. The van der Waals surface area contributed by atoms with Crippen LogP contribution in [0.4, 0.5) is 5.69 Å². The Labute approximate surface area is 109 Å². The summed E-state index contributed by atoms with van der Waals surface area (Å²) in [6.07, 6.45) is 0. The first-order valence-electron chi connectivity index (χ1n) is 5.35. The molecule has 0 aliphatic heterocycles. The number of nitro benzene ring substituents is 1. The van der Waals surface area contributed by atoms with Gasteiger partial charge < -0.3 is 10.6 Å². The second kappa shape index (κ2) is 6.32. The Bertz CT molecular complexity index is 465. The molecule has 7 heteroatoms. The molecule has 2 N–H and O–H groups in total. The number of hydrogen-bond acceptors (Lipinski definition) is 4. The molecule has 6 nitrogen and oxygen atoms in total. The lowest BCUT2D eigenvalue weighted by molar-refractivity contribution is -0.385. The number of rotatable bonds is 5. The Morgan fingerprint density at radius 1 is 1.56 bits per heavy atom. The molecule has 98 valence electrons. The number of nitro groups is 1. The molecule has 1 aromatic rings. The van der Waals surface area contributed by atoms with Gasteiger partial charge in [-0.05, 0) is 26.1 Å². The van der Waals surface area contributed by atoms with E-state index in [4.69, 9.17) is 11.6 Å². The van der Waals surface area contributed by atoms with Crippen molar-refractivity contribution in [2.24, 2.45) is 0 Å². The first-order valence-corrected chi connectivity index (χ1v) is 5.73. The predicted molar refractivity (Wildman–Crippen MR) is 69.0 cm³/mol. The third kappa shape index (κ3) is 3.68. The van der Waals surface area contributed by atoms with Crippen molar-refractivity contribution in [3.05, 3.63) is 38.9 Å². The second-order valence-corrected chi connectivity index (χ2v) is 4.25. The highest BCUT2D eigenvalue weighted by Gasteiger charge is 2.20. The standard InChI is InChI=1S/C11H14ClN3O3/c1-7(13-2)6-14-11(16)9-5-8(12)3-4-10(9)15(17)18/h3-5,7,13H,6H2,1-2H3,(H,14,16). The first kappa shape index (κ1) is 14.4. The second-order valence-electron chi connectivity index (χ2n) is 3.82. The fraction of sp³-hybridized carbons (Fsp3) is 0.364. The molecule has 0 fully saturated rings. The van der Waals surface area contributed by atoms with Crippen LogP contribution in [0.1, 0.15) is 17.3 Å². The third-order valence-corrected chi connectivity index (χ3v) is 2.70. The predicted octanol–water partition coefficient (Wildman–Crippen LogP) is 1.59. The van der Waals surface area contributed by atoms with Crippen molar-refractivity contribution >= 4 is 23.2 Å². The van der Waals surface area contributed by atoms with Crippen molar-refractivity contribution in [1.29, 1.82) is 0 Å². The molecule has 0 radical (unpaired) electrons. The summed E-state index contributed by atoms with van der Waals surface area (Å²) in [6, 6.07) is 3.97. The van der Waals surface area contributed by atoms with E-state index in [9.17, 15) is 14.9 Å². The molecule has 1 amide bonds. The van der Waals surface area contributed by atoms with Gasteiger partial charge in [-0.3, -0.25) is 14.9 Å². The number of amides is 1. The average molecular weight is 272 g/mol. The molecule has 0 aliphatic carbocycles. The van der Waals surface area contributed by atoms with Crippen LogP contribution < -0.4 is 10.6 Å². The Morgan fingerprint density at radius 3 is 2.78 bits per heavy atom. The average Bonchev–Trinajstić information content (AvgIpc) is 2.34. The van der Waals surface area contributed by atoms with Gasteiger partial charge in [0.2, 0.25) is 0 Å². The lowest BCUT2D eigenvalue weighted by Gasteiger charge is -2.11. The van der Waals surface area contributed by atoms with E-state index in [0.29, 0.717) is 6.54 Å². The SMILES string of the molecule is CNC(C)CNC(=O)c1cc(Cl)ccc1[N+](=O)[O-].